The molecule has 0 atom stereocenters. The maximum atomic E-state index is 13.9. The quantitative estimate of drug-likeness (QED) is 0.831. The lowest BCUT2D eigenvalue weighted by molar-refractivity contribution is -0.133. The summed E-state index contributed by atoms with van der Waals surface area (Å²) in [6.45, 7) is 4.30. The molecule has 0 bridgehead atoms. The number of rotatable bonds is 6. The number of hydrogen-bond acceptors (Lipinski definition) is 3. The van der Waals surface area contributed by atoms with Gasteiger partial charge in [-0.25, -0.2) is 4.39 Å². The smallest absolute Gasteiger partial charge is 0.224 e. The van der Waals surface area contributed by atoms with Crippen molar-refractivity contribution in [3.05, 3.63) is 59.9 Å². The van der Waals surface area contributed by atoms with Crippen molar-refractivity contribution in [2.75, 3.05) is 36.4 Å². The second-order valence-corrected chi connectivity index (χ2v) is 6.92. The van der Waals surface area contributed by atoms with Gasteiger partial charge in [0.25, 0.3) is 0 Å². The Morgan fingerprint density at radius 2 is 1.75 bits per heavy atom. The highest BCUT2D eigenvalue weighted by atomic mass is 19.1. The normalized spacial score (nSPS) is 14.1. The summed E-state index contributed by atoms with van der Waals surface area (Å²) >= 11 is 0. The lowest BCUT2D eigenvalue weighted by Gasteiger charge is -2.36. The summed E-state index contributed by atoms with van der Waals surface area (Å²) in [7, 11) is 0. The van der Waals surface area contributed by atoms with Gasteiger partial charge < -0.3 is 15.1 Å². The van der Waals surface area contributed by atoms with E-state index in [0.717, 1.165) is 17.7 Å². The first-order chi connectivity index (χ1) is 13.6. The molecule has 0 unspecified atom stereocenters. The number of carbonyl (C=O) groups excluding carboxylic acids is 2. The summed E-state index contributed by atoms with van der Waals surface area (Å²) < 4.78 is 13.9. The fraction of sp³-hybridized carbons (Fsp3) is 0.364. The molecule has 0 aromatic heterocycles. The predicted molar refractivity (Wildman–Crippen MR) is 109 cm³/mol. The van der Waals surface area contributed by atoms with Crippen LogP contribution in [0.1, 0.15) is 25.3 Å². The van der Waals surface area contributed by atoms with E-state index in [4.69, 9.17) is 0 Å². The van der Waals surface area contributed by atoms with Crippen molar-refractivity contribution >= 4 is 23.2 Å². The van der Waals surface area contributed by atoms with Crippen LogP contribution in [-0.4, -0.2) is 42.9 Å². The van der Waals surface area contributed by atoms with Crippen LogP contribution in [0, 0.1) is 5.82 Å². The van der Waals surface area contributed by atoms with Crippen LogP contribution in [0.3, 0.4) is 0 Å². The molecular formula is C22H26FN3O2. The molecule has 0 aliphatic carbocycles. The molecule has 2 aromatic rings. The number of halogens is 1. The molecule has 2 amide bonds. The molecule has 2 aromatic carbocycles. The Hall–Kier alpha value is -2.89. The van der Waals surface area contributed by atoms with Crippen molar-refractivity contribution in [2.45, 2.75) is 26.2 Å². The summed E-state index contributed by atoms with van der Waals surface area (Å²) in [5.74, 6) is -0.441. The third kappa shape index (κ3) is 5.09. The molecule has 1 N–H and O–H groups in total. The standard InChI is InChI=1S/C22H26FN3O2/c1-2-17-6-5-7-18(16-17)24-21(27)10-11-22(28)26-14-12-25(13-15-26)20-9-4-3-8-19(20)23/h3-9,16H,2,10-15H2,1H3,(H,24,27). The maximum Gasteiger partial charge on any atom is 0.224 e. The number of anilines is 2. The second-order valence-electron chi connectivity index (χ2n) is 6.92. The van der Waals surface area contributed by atoms with Crippen molar-refractivity contribution in [3.8, 4) is 0 Å². The van der Waals surface area contributed by atoms with E-state index in [1.54, 1.807) is 17.0 Å². The highest BCUT2D eigenvalue weighted by molar-refractivity contribution is 5.93. The molecule has 1 heterocycles. The zero-order valence-corrected chi connectivity index (χ0v) is 16.2. The van der Waals surface area contributed by atoms with Gasteiger partial charge in [0.15, 0.2) is 0 Å². The molecule has 5 nitrogen and oxygen atoms in total. The van der Waals surface area contributed by atoms with Crippen molar-refractivity contribution in [1.29, 1.82) is 0 Å². The van der Waals surface area contributed by atoms with Gasteiger partial charge in [-0.15, -0.1) is 0 Å². The van der Waals surface area contributed by atoms with Crippen LogP contribution in [0.15, 0.2) is 48.5 Å². The maximum absolute atomic E-state index is 13.9. The summed E-state index contributed by atoms with van der Waals surface area (Å²) in [6.07, 6.45) is 1.24. The van der Waals surface area contributed by atoms with E-state index < -0.39 is 0 Å². The van der Waals surface area contributed by atoms with Gasteiger partial charge in [0.2, 0.25) is 11.8 Å². The zero-order chi connectivity index (χ0) is 19.9. The molecule has 148 valence electrons. The van der Waals surface area contributed by atoms with Crippen LogP contribution in [0.4, 0.5) is 15.8 Å². The Morgan fingerprint density at radius 1 is 1.00 bits per heavy atom. The number of para-hydroxylation sites is 1. The van der Waals surface area contributed by atoms with Gasteiger partial charge in [0, 0.05) is 44.7 Å². The third-order valence-corrected chi connectivity index (χ3v) is 5.01. The van der Waals surface area contributed by atoms with E-state index in [1.165, 1.54) is 6.07 Å². The van der Waals surface area contributed by atoms with E-state index in [0.29, 0.717) is 31.9 Å². The van der Waals surface area contributed by atoms with Gasteiger partial charge >= 0.3 is 0 Å². The molecule has 0 saturated carbocycles. The Labute approximate surface area is 165 Å². The Morgan fingerprint density at radius 3 is 2.46 bits per heavy atom. The second kappa shape index (κ2) is 9.35. The average Bonchev–Trinajstić information content (AvgIpc) is 2.72. The van der Waals surface area contributed by atoms with Crippen LogP contribution in [0.25, 0.3) is 0 Å². The molecule has 1 aliphatic rings. The minimum atomic E-state index is -0.244. The van der Waals surface area contributed by atoms with Crippen LogP contribution in [-0.2, 0) is 16.0 Å². The third-order valence-electron chi connectivity index (χ3n) is 5.01. The van der Waals surface area contributed by atoms with E-state index >= 15 is 0 Å². The average molecular weight is 383 g/mol. The number of nitrogens with zero attached hydrogens (tertiary/aromatic N) is 2. The Kier molecular flexibility index (Phi) is 6.63. The minimum Gasteiger partial charge on any atom is -0.366 e. The van der Waals surface area contributed by atoms with Gasteiger partial charge in [0.1, 0.15) is 5.82 Å². The van der Waals surface area contributed by atoms with Crippen LogP contribution in [0.5, 0.6) is 0 Å². The molecule has 0 radical (unpaired) electrons. The van der Waals surface area contributed by atoms with Crippen molar-refractivity contribution in [1.82, 2.24) is 4.90 Å². The van der Waals surface area contributed by atoms with Gasteiger partial charge in [0.05, 0.1) is 5.69 Å². The van der Waals surface area contributed by atoms with Crippen molar-refractivity contribution in [2.24, 2.45) is 0 Å². The van der Waals surface area contributed by atoms with E-state index in [9.17, 15) is 14.0 Å². The number of aryl methyl sites for hydroxylation is 1. The number of amides is 2. The molecule has 1 saturated heterocycles. The SMILES string of the molecule is CCc1cccc(NC(=O)CCC(=O)N2CCN(c3ccccc3F)CC2)c1. The highest BCUT2D eigenvalue weighted by Gasteiger charge is 2.22. The number of nitrogens with one attached hydrogen (secondary N) is 1. The Balaban J connectivity index is 1.44. The highest BCUT2D eigenvalue weighted by Crippen LogP contribution is 2.20. The molecule has 1 aliphatic heterocycles. The lowest BCUT2D eigenvalue weighted by Crippen LogP contribution is -2.49. The lowest BCUT2D eigenvalue weighted by atomic mass is 10.1. The molecule has 3 rings (SSSR count). The number of hydrogen-bond donors (Lipinski definition) is 1. The number of piperazine rings is 1. The summed E-state index contributed by atoms with van der Waals surface area (Å²) in [4.78, 5) is 28.3. The summed E-state index contributed by atoms with van der Waals surface area (Å²) in [6, 6.07) is 14.4. The van der Waals surface area contributed by atoms with Crippen molar-refractivity contribution < 1.29 is 14.0 Å². The largest absolute Gasteiger partial charge is 0.366 e. The molecular weight excluding hydrogens is 357 g/mol. The Bertz CT molecular complexity index is 832. The fourth-order valence-electron chi connectivity index (χ4n) is 3.38. The number of benzene rings is 2. The monoisotopic (exact) mass is 383 g/mol. The zero-order valence-electron chi connectivity index (χ0n) is 16.2. The van der Waals surface area contributed by atoms with E-state index in [-0.39, 0.29) is 30.5 Å². The van der Waals surface area contributed by atoms with Crippen LogP contribution < -0.4 is 10.2 Å². The van der Waals surface area contributed by atoms with Gasteiger partial charge in [-0.3, -0.25) is 9.59 Å². The molecule has 1 fully saturated rings. The first-order valence-corrected chi connectivity index (χ1v) is 9.73. The summed E-state index contributed by atoms with van der Waals surface area (Å²) in [5, 5.41) is 2.85. The number of carbonyl (C=O) groups is 2. The fourth-order valence-corrected chi connectivity index (χ4v) is 3.38. The molecule has 0 spiro atoms. The van der Waals surface area contributed by atoms with E-state index in [1.807, 2.05) is 35.2 Å². The van der Waals surface area contributed by atoms with E-state index in [2.05, 4.69) is 12.2 Å². The minimum absolute atomic E-state index is 0.0364. The summed E-state index contributed by atoms with van der Waals surface area (Å²) in [5.41, 5.74) is 2.49. The molecule has 28 heavy (non-hydrogen) atoms. The molecule has 6 heteroatoms. The first kappa shape index (κ1) is 19.9. The van der Waals surface area contributed by atoms with Gasteiger partial charge in [-0.05, 0) is 36.2 Å². The topological polar surface area (TPSA) is 52.7 Å². The van der Waals surface area contributed by atoms with Gasteiger partial charge in [-0.2, -0.15) is 0 Å². The van der Waals surface area contributed by atoms with Crippen LogP contribution >= 0.6 is 0 Å². The predicted octanol–water partition coefficient (Wildman–Crippen LogP) is 3.46. The van der Waals surface area contributed by atoms with Crippen LogP contribution in [0.2, 0.25) is 0 Å². The first-order valence-electron chi connectivity index (χ1n) is 9.73. The van der Waals surface area contributed by atoms with Crippen molar-refractivity contribution in [3.63, 3.8) is 0 Å². The van der Waals surface area contributed by atoms with Gasteiger partial charge in [-0.1, -0.05) is 31.2 Å².